The van der Waals surface area contributed by atoms with Crippen LogP contribution in [-0.4, -0.2) is 14.0 Å². The topological polar surface area (TPSA) is 54.9 Å². The van der Waals surface area contributed by atoms with Crippen molar-refractivity contribution in [1.82, 2.24) is 9.78 Å². The fourth-order valence-corrected chi connectivity index (χ4v) is 2.99. The van der Waals surface area contributed by atoms with Crippen LogP contribution in [0.25, 0.3) is 10.9 Å². The van der Waals surface area contributed by atoms with Crippen molar-refractivity contribution in [2.45, 2.75) is 10.8 Å². The molecule has 0 radical (unpaired) electrons. The Morgan fingerprint density at radius 2 is 1.68 bits per heavy atom. The molecular formula is C14H12N2O2S. The molecule has 3 rings (SSSR count). The number of hydrogen-bond donors (Lipinski definition) is 1. The van der Waals surface area contributed by atoms with E-state index in [4.69, 9.17) is 0 Å². The predicted octanol–water partition coefficient (Wildman–Crippen LogP) is 2.09. The average molecular weight is 272 g/mol. The number of nitrogens with one attached hydrogen (secondary N) is 1. The quantitative estimate of drug-likeness (QED) is 0.793. The summed E-state index contributed by atoms with van der Waals surface area (Å²) >= 11 is 0. The van der Waals surface area contributed by atoms with E-state index < -0.39 is 10.8 Å². The third-order valence-corrected chi connectivity index (χ3v) is 4.20. The number of hydrogen-bond acceptors (Lipinski definition) is 2. The van der Waals surface area contributed by atoms with Crippen LogP contribution in [-0.2, 0) is 16.7 Å². The molecular weight excluding hydrogens is 260 g/mol. The van der Waals surface area contributed by atoms with Gasteiger partial charge in [0.1, 0.15) is 5.88 Å². The number of aromatic nitrogens is 2. The Morgan fingerprint density at radius 3 is 2.42 bits per heavy atom. The highest BCUT2D eigenvalue weighted by molar-refractivity contribution is 7.84. The minimum Gasteiger partial charge on any atom is -0.294 e. The fourth-order valence-electron chi connectivity index (χ4n) is 1.96. The number of benzene rings is 2. The Morgan fingerprint density at radius 1 is 1.00 bits per heavy atom. The van der Waals surface area contributed by atoms with Crippen LogP contribution < -0.4 is 5.56 Å². The van der Waals surface area contributed by atoms with Gasteiger partial charge in [-0.2, -0.15) is 0 Å². The summed E-state index contributed by atoms with van der Waals surface area (Å²) in [4.78, 5) is 12.8. The molecule has 0 saturated heterocycles. The molecule has 2 aromatic carbocycles. The Hall–Kier alpha value is -2.14. The van der Waals surface area contributed by atoms with Gasteiger partial charge in [0.15, 0.2) is 0 Å². The third kappa shape index (κ3) is 2.24. The summed E-state index contributed by atoms with van der Waals surface area (Å²) in [6.07, 6.45) is 0. The maximum absolute atomic E-state index is 12.2. The van der Waals surface area contributed by atoms with Crippen molar-refractivity contribution in [3.63, 3.8) is 0 Å². The molecule has 0 amide bonds. The Kier molecular flexibility index (Phi) is 3.05. The maximum Gasteiger partial charge on any atom is 0.275 e. The molecule has 0 aliphatic rings. The van der Waals surface area contributed by atoms with Gasteiger partial charge >= 0.3 is 0 Å². The second kappa shape index (κ2) is 4.85. The third-order valence-electron chi connectivity index (χ3n) is 2.91. The van der Waals surface area contributed by atoms with E-state index in [1.807, 2.05) is 36.4 Å². The van der Waals surface area contributed by atoms with Gasteiger partial charge in [0.05, 0.1) is 21.7 Å². The highest BCUT2D eigenvalue weighted by atomic mass is 32.2. The highest BCUT2D eigenvalue weighted by Gasteiger charge is 2.09. The molecule has 0 aliphatic heterocycles. The minimum absolute atomic E-state index is 0.136. The van der Waals surface area contributed by atoms with Gasteiger partial charge < -0.3 is 0 Å². The lowest BCUT2D eigenvalue weighted by molar-refractivity contribution is 0.655. The van der Waals surface area contributed by atoms with Crippen molar-refractivity contribution in [3.8, 4) is 0 Å². The lowest BCUT2D eigenvalue weighted by atomic mass is 10.3. The van der Waals surface area contributed by atoms with Crippen LogP contribution in [0.4, 0.5) is 0 Å². The summed E-state index contributed by atoms with van der Waals surface area (Å²) in [6, 6.07) is 16.4. The van der Waals surface area contributed by atoms with E-state index >= 15 is 0 Å². The normalized spacial score (nSPS) is 12.6. The van der Waals surface area contributed by atoms with Crippen molar-refractivity contribution in [3.05, 3.63) is 65.0 Å². The number of aromatic amines is 1. The van der Waals surface area contributed by atoms with Crippen LogP contribution >= 0.6 is 0 Å². The van der Waals surface area contributed by atoms with Gasteiger partial charge in [-0.1, -0.05) is 30.3 Å². The molecule has 1 unspecified atom stereocenters. The van der Waals surface area contributed by atoms with E-state index in [0.717, 1.165) is 5.52 Å². The lowest BCUT2D eigenvalue weighted by Crippen LogP contribution is -2.19. The standard InChI is InChI=1S/C14H12N2O2S/c17-14-12-8-4-5-9-13(12)15-16(14)10-19(18)11-6-2-1-3-7-11/h1-9,15H,10H2. The molecule has 0 bridgehead atoms. The molecule has 5 heteroatoms. The second-order valence-electron chi connectivity index (χ2n) is 4.18. The molecule has 0 saturated carbocycles. The van der Waals surface area contributed by atoms with Gasteiger partial charge in [-0.05, 0) is 24.3 Å². The number of fused-ring (bicyclic) bond motifs is 1. The molecule has 0 aliphatic carbocycles. The predicted molar refractivity (Wildman–Crippen MR) is 75.4 cm³/mol. The van der Waals surface area contributed by atoms with Crippen LogP contribution in [0, 0.1) is 0 Å². The Labute approximate surface area is 112 Å². The van der Waals surface area contributed by atoms with Gasteiger partial charge in [-0.3, -0.25) is 14.1 Å². The molecule has 3 aromatic rings. The molecule has 1 atom stereocenters. The van der Waals surface area contributed by atoms with Crippen molar-refractivity contribution < 1.29 is 4.21 Å². The number of nitrogens with zero attached hydrogens (tertiary/aromatic N) is 1. The van der Waals surface area contributed by atoms with Crippen LogP contribution in [0.2, 0.25) is 0 Å². The SMILES string of the molecule is O=c1c2ccccc2[nH]n1CS(=O)c1ccccc1. The monoisotopic (exact) mass is 272 g/mol. The second-order valence-corrected chi connectivity index (χ2v) is 5.60. The molecule has 1 aromatic heterocycles. The molecule has 96 valence electrons. The van der Waals surface area contributed by atoms with Crippen molar-refractivity contribution in [2.24, 2.45) is 0 Å². The molecule has 4 nitrogen and oxygen atoms in total. The van der Waals surface area contributed by atoms with Gasteiger partial charge in [0.2, 0.25) is 0 Å². The van der Waals surface area contributed by atoms with E-state index in [-0.39, 0.29) is 11.4 Å². The summed E-state index contributed by atoms with van der Waals surface area (Å²) in [5.74, 6) is 0.136. The Bertz CT molecular complexity index is 790. The number of rotatable bonds is 3. The van der Waals surface area contributed by atoms with E-state index in [9.17, 15) is 9.00 Å². The maximum atomic E-state index is 12.2. The lowest BCUT2D eigenvalue weighted by Gasteiger charge is -2.02. The first-order valence-corrected chi connectivity index (χ1v) is 7.18. The van der Waals surface area contributed by atoms with Crippen LogP contribution in [0.15, 0.2) is 64.3 Å². The molecule has 1 N–H and O–H groups in total. The van der Waals surface area contributed by atoms with Crippen LogP contribution in [0.1, 0.15) is 0 Å². The van der Waals surface area contributed by atoms with E-state index in [1.54, 1.807) is 18.2 Å². The summed E-state index contributed by atoms with van der Waals surface area (Å²) in [7, 11) is -1.24. The van der Waals surface area contributed by atoms with Crippen LogP contribution in [0.3, 0.4) is 0 Å². The van der Waals surface area contributed by atoms with E-state index in [1.165, 1.54) is 4.68 Å². The van der Waals surface area contributed by atoms with E-state index in [0.29, 0.717) is 10.3 Å². The van der Waals surface area contributed by atoms with Gasteiger partial charge in [-0.15, -0.1) is 0 Å². The zero-order valence-electron chi connectivity index (χ0n) is 10.1. The van der Waals surface area contributed by atoms with Gasteiger partial charge in [-0.25, -0.2) is 4.68 Å². The van der Waals surface area contributed by atoms with Crippen molar-refractivity contribution in [2.75, 3.05) is 0 Å². The van der Waals surface area contributed by atoms with E-state index in [2.05, 4.69) is 5.10 Å². The molecule has 19 heavy (non-hydrogen) atoms. The summed E-state index contributed by atoms with van der Waals surface area (Å²) in [5, 5.41) is 3.59. The average Bonchev–Trinajstić information content (AvgIpc) is 2.77. The fraction of sp³-hybridized carbons (Fsp3) is 0.0714. The minimum atomic E-state index is -1.24. The highest BCUT2D eigenvalue weighted by Crippen LogP contribution is 2.09. The molecule has 1 heterocycles. The summed E-state index contributed by atoms with van der Waals surface area (Å²) in [6.45, 7) is 0. The largest absolute Gasteiger partial charge is 0.294 e. The van der Waals surface area contributed by atoms with Gasteiger partial charge in [0, 0.05) is 4.90 Å². The summed E-state index contributed by atoms with van der Waals surface area (Å²) < 4.78 is 13.6. The first-order valence-electron chi connectivity index (χ1n) is 5.87. The van der Waals surface area contributed by atoms with Gasteiger partial charge in [0.25, 0.3) is 5.56 Å². The van der Waals surface area contributed by atoms with Crippen LogP contribution in [0.5, 0.6) is 0 Å². The zero-order valence-corrected chi connectivity index (χ0v) is 10.9. The molecule has 0 spiro atoms. The smallest absolute Gasteiger partial charge is 0.275 e. The zero-order chi connectivity index (χ0) is 13.2. The van der Waals surface area contributed by atoms with Crippen molar-refractivity contribution >= 4 is 21.7 Å². The number of para-hydroxylation sites is 1. The Balaban J connectivity index is 1.96. The van der Waals surface area contributed by atoms with Crippen molar-refractivity contribution in [1.29, 1.82) is 0 Å². The first-order chi connectivity index (χ1) is 9.25. The molecule has 0 fully saturated rings. The summed E-state index contributed by atoms with van der Waals surface area (Å²) in [5.41, 5.74) is 0.623. The number of H-pyrrole nitrogens is 1. The first kappa shape index (κ1) is 11.9.